The minimum atomic E-state index is -0.966. The molecule has 3 nitrogen and oxygen atoms in total. The zero-order valence-corrected chi connectivity index (χ0v) is 12.9. The highest BCUT2D eigenvalue weighted by molar-refractivity contribution is 9.10. The van der Waals surface area contributed by atoms with Crippen LogP contribution in [0.5, 0.6) is 5.75 Å². The van der Waals surface area contributed by atoms with Gasteiger partial charge in [-0.1, -0.05) is 32.4 Å². The van der Waals surface area contributed by atoms with Crippen molar-refractivity contribution in [2.45, 2.75) is 33.3 Å². The molecular formula is C13H16BrClO3. The van der Waals surface area contributed by atoms with Gasteiger partial charge in [0.15, 0.2) is 6.10 Å². The Morgan fingerprint density at radius 2 is 2.11 bits per heavy atom. The third-order valence-electron chi connectivity index (χ3n) is 2.24. The zero-order chi connectivity index (χ0) is 13.9. The van der Waals surface area contributed by atoms with E-state index in [9.17, 15) is 9.90 Å². The molecule has 1 atom stereocenters. The fraction of sp³-hybridized carbons (Fsp3) is 0.462. The Morgan fingerprint density at radius 3 is 2.56 bits per heavy atom. The minimum Gasteiger partial charge on any atom is -0.479 e. The summed E-state index contributed by atoms with van der Waals surface area (Å²) in [5, 5.41) is 9.74. The molecule has 1 rings (SSSR count). The normalized spacial score (nSPS) is 13.2. The maximum absolute atomic E-state index is 11.2. The topological polar surface area (TPSA) is 46.5 Å². The Labute approximate surface area is 120 Å². The maximum Gasteiger partial charge on any atom is 0.344 e. The first kappa shape index (κ1) is 15.3. The van der Waals surface area contributed by atoms with E-state index in [1.54, 1.807) is 18.2 Å². The average Bonchev–Trinajstić information content (AvgIpc) is 2.18. The van der Waals surface area contributed by atoms with Crippen LogP contribution in [0.4, 0.5) is 0 Å². The largest absolute Gasteiger partial charge is 0.479 e. The average molecular weight is 336 g/mol. The lowest BCUT2D eigenvalue weighted by Crippen LogP contribution is -2.31. The molecule has 0 amide bonds. The van der Waals surface area contributed by atoms with E-state index >= 15 is 0 Å². The molecule has 0 fully saturated rings. The Balaban J connectivity index is 2.87. The first-order valence-corrected chi connectivity index (χ1v) is 6.70. The van der Waals surface area contributed by atoms with E-state index in [2.05, 4.69) is 15.9 Å². The fourth-order valence-electron chi connectivity index (χ4n) is 1.46. The van der Waals surface area contributed by atoms with Crippen LogP contribution in [0.15, 0.2) is 22.7 Å². The van der Waals surface area contributed by atoms with Gasteiger partial charge in [-0.25, -0.2) is 4.79 Å². The summed E-state index contributed by atoms with van der Waals surface area (Å²) in [5.41, 5.74) is -0.123. The molecular weight excluding hydrogens is 319 g/mol. The highest BCUT2D eigenvalue weighted by atomic mass is 79.9. The summed E-state index contributed by atoms with van der Waals surface area (Å²) in [7, 11) is 0. The number of benzene rings is 1. The summed E-state index contributed by atoms with van der Waals surface area (Å²) >= 11 is 9.12. The van der Waals surface area contributed by atoms with Gasteiger partial charge in [-0.15, -0.1) is 0 Å². The SMILES string of the molecule is CC(C)(C)CC(Oc1ccc(Cl)cc1Br)C(=O)O. The zero-order valence-electron chi connectivity index (χ0n) is 10.5. The van der Waals surface area contributed by atoms with E-state index in [4.69, 9.17) is 16.3 Å². The van der Waals surface area contributed by atoms with Crippen LogP contribution in [0.1, 0.15) is 27.2 Å². The smallest absolute Gasteiger partial charge is 0.344 e. The lowest BCUT2D eigenvalue weighted by molar-refractivity contribution is -0.146. The van der Waals surface area contributed by atoms with Crippen LogP contribution >= 0.6 is 27.5 Å². The molecule has 1 aromatic carbocycles. The van der Waals surface area contributed by atoms with Crippen molar-refractivity contribution in [1.82, 2.24) is 0 Å². The van der Waals surface area contributed by atoms with Gasteiger partial charge >= 0.3 is 5.97 Å². The van der Waals surface area contributed by atoms with E-state index in [1.807, 2.05) is 20.8 Å². The summed E-state index contributed by atoms with van der Waals surface area (Å²) in [4.78, 5) is 11.2. The van der Waals surface area contributed by atoms with Crippen molar-refractivity contribution in [3.05, 3.63) is 27.7 Å². The summed E-state index contributed by atoms with van der Waals surface area (Å²) in [6, 6.07) is 5.00. The molecule has 0 aliphatic heterocycles. The molecule has 0 aromatic heterocycles. The van der Waals surface area contributed by atoms with Crippen molar-refractivity contribution in [3.8, 4) is 5.75 Å². The van der Waals surface area contributed by atoms with Crippen LogP contribution in [-0.2, 0) is 4.79 Å². The Bertz CT molecular complexity index is 440. The molecule has 0 saturated heterocycles. The van der Waals surface area contributed by atoms with Gasteiger partial charge in [0.1, 0.15) is 5.75 Å². The Hall–Kier alpha value is -0.740. The van der Waals surface area contributed by atoms with Crippen molar-refractivity contribution >= 4 is 33.5 Å². The third kappa shape index (κ3) is 4.86. The van der Waals surface area contributed by atoms with Crippen LogP contribution < -0.4 is 4.74 Å². The number of rotatable bonds is 4. The van der Waals surface area contributed by atoms with Crippen LogP contribution in [0.25, 0.3) is 0 Å². The molecule has 1 unspecified atom stereocenters. The number of carbonyl (C=O) groups is 1. The number of halogens is 2. The monoisotopic (exact) mass is 334 g/mol. The molecule has 0 bridgehead atoms. The van der Waals surface area contributed by atoms with Crippen molar-refractivity contribution in [3.63, 3.8) is 0 Å². The Kier molecular flexibility index (Phi) is 5.05. The molecule has 0 saturated carbocycles. The number of carboxylic acid groups (broad SMARTS) is 1. The van der Waals surface area contributed by atoms with Gasteiger partial charge in [0.25, 0.3) is 0 Å². The van der Waals surface area contributed by atoms with Gasteiger partial charge in [-0.3, -0.25) is 0 Å². The van der Waals surface area contributed by atoms with Crippen LogP contribution in [0, 0.1) is 5.41 Å². The molecule has 0 aliphatic carbocycles. The molecule has 0 heterocycles. The summed E-state index contributed by atoms with van der Waals surface area (Å²) in [6.07, 6.45) is -0.445. The minimum absolute atomic E-state index is 0.123. The van der Waals surface area contributed by atoms with E-state index < -0.39 is 12.1 Å². The van der Waals surface area contributed by atoms with E-state index in [1.165, 1.54) is 0 Å². The standard InChI is InChI=1S/C13H16BrClO3/c1-13(2,3)7-11(12(16)17)18-10-5-4-8(15)6-9(10)14/h4-6,11H,7H2,1-3H3,(H,16,17). The second kappa shape index (κ2) is 5.93. The number of ether oxygens (including phenoxy) is 1. The van der Waals surface area contributed by atoms with Gasteiger partial charge < -0.3 is 9.84 Å². The molecule has 18 heavy (non-hydrogen) atoms. The fourth-order valence-corrected chi connectivity index (χ4v) is 2.24. The number of hydrogen-bond acceptors (Lipinski definition) is 2. The van der Waals surface area contributed by atoms with Gasteiger partial charge in [-0.05, 0) is 39.5 Å². The number of hydrogen-bond donors (Lipinski definition) is 1. The summed E-state index contributed by atoms with van der Waals surface area (Å²) in [5.74, 6) is -0.483. The molecule has 5 heteroatoms. The predicted molar refractivity (Wildman–Crippen MR) is 75.3 cm³/mol. The number of carboxylic acids is 1. The quantitative estimate of drug-likeness (QED) is 0.888. The summed E-state index contributed by atoms with van der Waals surface area (Å²) in [6.45, 7) is 5.93. The first-order valence-electron chi connectivity index (χ1n) is 5.53. The second-order valence-electron chi connectivity index (χ2n) is 5.28. The molecule has 0 aliphatic rings. The lowest BCUT2D eigenvalue weighted by atomic mass is 9.89. The highest BCUT2D eigenvalue weighted by Crippen LogP contribution is 2.31. The van der Waals surface area contributed by atoms with Crippen LogP contribution in [0.3, 0.4) is 0 Å². The van der Waals surface area contributed by atoms with Crippen molar-refractivity contribution in [2.24, 2.45) is 5.41 Å². The van der Waals surface area contributed by atoms with E-state index in [0.717, 1.165) is 0 Å². The van der Waals surface area contributed by atoms with Gasteiger partial charge in [-0.2, -0.15) is 0 Å². The van der Waals surface area contributed by atoms with E-state index in [-0.39, 0.29) is 5.41 Å². The molecule has 1 aromatic rings. The van der Waals surface area contributed by atoms with Gasteiger partial charge in [0.2, 0.25) is 0 Å². The second-order valence-corrected chi connectivity index (χ2v) is 6.58. The van der Waals surface area contributed by atoms with E-state index in [0.29, 0.717) is 21.7 Å². The predicted octanol–water partition coefficient (Wildman–Crippen LogP) is 4.37. The first-order chi connectivity index (χ1) is 8.19. The molecule has 0 spiro atoms. The van der Waals surface area contributed by atoms with Crippen molar-refractivity contribution < 1.29 is 14.6 Å². The molecule has 0 radical (unpaired) electrons. The third-order valence-corrected chi connectivity index (χ3v) is 3.09. The van der Waals surface area contributed by atoms with Crippen LogP contribution in [-0.4, -0.2) is 17.2 Å². The van der Waals surface area contributed by atoms with Crippen molar-refractivity contribution in [2.75, 3.05) is 0 Å². The maximum atomic E-state index is 11.2. The Morgan fingerprint density at radius 1 is 1.50 bits per heavy atom. The van der Waals surface area contributed by atoms with Gasteiger partial charge in [0.05, 0.1) is 4.47 Å². The van der Waals surface area contributed by atoms with Crippen molar-refractivity contribution in [1.29, 1.82) is 0 Å². The molecule has 100 valence electrons. The highest BCUT2D eigenvalue weighted by Gasteiger charge is 2.26. The van der Waals surface area contributed by atoms with Gasteiger partial charge in [0, 0.05) is 11.4 Å². The number of aliphatic carboxylic acids is 1. The molecule has 1 N–H and O–H groups in total. The summed E-state index contributed by atoms with van der Waals surface area (Å²) < 4.78 is 6.18. The van der Waals surface area contributed by atoms with Crippen LogP contribution in [0.2, 0.25) is 5.02 Å². The lowest BCUT2D eigenvalue weighted by Gasteiger charge is -2.24.